The van der Waals surface area contributed by atoms with Gasteiger partial charge in [0.05, 0.1) is 23.4 Å². The number of aryl methyl sites for hydroxylation is 3. The van der Waals surface area contributed by atoms with Gasteiger partial charge in [-0.1, -0.05) is 0 Å². The monoisotopic (exact) mass is 448 g/mol. The second kappa shape index (κ2) is 8.85. The predicted octanol–water partition coefficient (Wildman–Crippen LogP) is 4.29. The van der Waals surface area contributed by atoms with Gasteiger partial charge < -0.3 is 4.90 Å². The first-order valence-corrected chi connectivity index (χ1v) is 11.0. The smallest absolute Gasteiger partial charge is 0.227 e. The minimum atomic E-state index is -0.354. The molecular formula is C23H21FN6OS. The number of carbonyl (C=O) groups is 1. The summed E-state index contributed by atoms with van der Waals surface area (Å²) in [5, 5.41) is 16.4. The lowest BCUT2D eigenvalue weighted by Crippen LogP contribution is -2.31. The third-order valence-corrected chi connectivity index (χ3v) is 6.17. The highest BCUT2D eigenvalue weighted by Gasteiger charge is 2.20. The molecule has 1 aromatic carbocycles. The van der Waals surface area contributed by atoms with Gasteiger partial charge in [-0.2, -0.15) is 10.4 Å². The van der Waals surface area contributed by atoms with Gasteiger partial charge in [0.25, 0.3) is 0 Å². The van der Waals surface area contributed by atoms with E-state index in [0.717, 1.165) is 27.7 Å². The van der Waals surface area contributed by atoms with E-state index in [1.807, 2.05) is 26.2 Å². The second-order valence-corrected chi connectivity index (χ2v) is 8.54. The summed E-state index contributed by atoms with van der Waals surface area (Å²) in [6, 6.07) is 7.99. The van der Waals surface area contributed by atoms with Crippen LogP contribution in [0.1, 0.15) is 39.6 Å². The molecule has 4 rings (SSSR count). The molecule has 0 spiro atoms. The van der Waals surface area contributed by atoms with E-state index < -0.39 is 0 Å². The van der Waals surface area contributed by atoms with E-state index in [4.69, 9.17) is 0 Å². The molecule has 0 unspecified atom stereocenters. The first-order chi connectivity index (χ1) is 15.4. The largest absolute Gasteiger partial charge is 0.306 e. The van der Waals surface area contributed by atoms with Gasteiger partial charge in [0.2, 0.25) is 5.91 Å². The van der Waals surface area contributed by atoms with Crippen molar-refractivity contribution in [3.05, 3.63) is 74.9 Å². The number of nitrogens with zero attached hydrogens (tertiary/aromatic N) is 6. The van der Waals surface area contributed by atoms with E-state index in [-0.39, 0.29) is 18.1 Å². The molecule has 0 fully saturated rings. The number of amides is 1. The van der Waals surface area contributed by atoms with E-state index in [2.05, 4.69) is 21.1 Å². The van der Waals surface area contributed by atoms with Crippen molar-refractivity contribution in [2.24, 2.45) is 0 Å². The van der Waals surface area contributed by atoms with Crippen LogP contribution in [0.3, 0.4) is 0 Å². The first kappa shape index (κ1) is 21.6. The van der Waals surface area contributed by atoms with Crippen molar-refractivity contribution in [3.63, 3.8) is 0 Å². The van der Waals surface area contributed by atoms with E-state index in [1.165, 1.54) is 29.7 Å². The van der Waals surface area contributed by atoms with Crippen molar-refractivity contribution in [1.82, 2.24) is 19.6 Å². The molecule has 0 aliphatic heterocycles. The SMILES string of the molecule is Cc1nc(CN(C(=O)CCc2c(C)nc3c(C#N)cnn3c2C)c2ccc(F)cc2)cs1. The minimum absolute atomic E-state index is 0.0978. The van der Waals surface area contributed by atoms with Gasteiger partial charge in [0.1, 0.15) is 17.4 Å². The molecule has 0 aliphatic rings. The first-order valence-electron chi connectivity index (χ1n) is 10.1. The van der Waals surface area contributed by atoms with Crippen molar-refractivity contribution in [1.29, 1.82) is 5.26 Å². The van der Waals surface area contributed by atoms with Crippen LogP contribution in [0.2, 0.25) is 0 Å². The normalized spacial score (nSPS) is 11.0. The van der Waals surface area contributed by atoms with Crippen molar-refractivity contribution in [2.75, 3.05) is 4.90 Å². The van der Waals surface area contributed by atoms with Crippen LogP contribution < -0.4 is 4.90 Å². The number of carbonyl (C=O) groups excluding carboxylic acids is 1. The number of thiazole rings is 1. The molecule has 3 aromatic heterocycles. The van der Waals surface area contributed by atoms with Crippen LogP contribution in [0.4, 0.5) is 10.1 Å². The molecule has 3 heterocycles. The van der Waals surface area contributed by atoms with Crippen molar-refractivity contribution in [2.45, 2.75) is 40.2 Å². The number of halogens is 1. The standard InChI is InChI=1S/C23H21FN6OS/c1-14-21(15(2)30-23(27-14)17(10-25)11-26-30)8-9-22(31)29(12-19-13-32-16(3)28-19)20-6-4-18(24)5-7-20/h4-7,11,13H,8-9,12H2,1-3H3. The molecule has 162 valence electrons. The van der Waals surface area contributed by atoms with Crippen molar-refractivity contribution in [3.8, 4) is 6.07 Å². The number of hydrogen-bond donors (Lipinski definition) is 0. The van der Waals surface area contributed by atoms with E-state index in [1.54, 1.807) is 21.5 Å². The maximum Gasteiger partial charge on any atom is 0.227 e. The summed E-state index contributed by atoms with van der Waals surface area (Å²) in [4.78, 5) is 23.9. The van der Waals surface area contributed by atoms with Gasteiger partial charge in [-0.05, 0) is 57.0 Å². The second-order valence-electron chi connectivity index (χ2n) is 7.48. The third-order valence-electron chi connectivity index (χ3n) is 5.34. The topological polar surface area (TPSA) is 87.2 Å². The predicted molar refractivity (Wildman–Crippen MR) is 120 cm³/mol. The Labute approximate surface area is 188 Å². The summed E-state index contributed by atoms with van der Waals surface area (Å²) in [5.41, 5.74) is 4.89. The Morgan fingerprint density at radius 3 is 2.62 bits per heavy atom. The number of rotatable bonds is 6. The number of hydrogen-bond acceptors (Lipinski definition) is 6. The highest BCUT2D eigenvalue weighted by Crippen LogP contribution is 2.23. The molecular weight excluding hydrogens is 427 g/mol. The number of anilines is 1. The fourth-order valence-electron chi connectivity index (χ4n) is 3.71. The van der Waals surface area contributed by atoms with Crippen LogP contribution in [0.5, 0.6) is 0 Å². The lowest BCUT2D eigenvalue weighted by Gasteiger charge is -2.22. The molecule has 0 N–H and O–H groups in total. The highest BCUT2D eigenvalue weighted by molar-refractivity contribution is 7.09. The third kappa shape index (κ3) is 4.22. The molecule has 0 saturated heterocycles. The number of benzene rings is 1. The van der Waals surface area contributed by atoms with Crippen LogP contribution >= 0.6 is 11.3 Å². The van der Waals surface area contributed by atoms with E-state index in [0.29, 0.717) is 29.9 Å². The van der Waals surface area contributed by atoms with Crippen LogP contribution in [0.25, 0.3) is 5.65 Å². The molecule has 4 aromatic rings. The van der Waals surface area contributed by atoms with Gasteiger partial charge in [0.15, 0.2) is 5.65 Å². The molecule has 0 atom stereocenters. The molecule has 7 nitrogen and oxygen atoms in total. The molecule has 0 aliphatic carbocycles. The Hall–Kier alpha value is -3.64. The van der Waals surface area contributed by atoms with Crippen molar-refractivity contribution >= 4 is 28.6 Å². The van der Waals surface area contributed by atoms with Gasteiger partial charge >= 0.3 is 0 Å². The number of fused-ring (bicyclic) bond motifs is 1. The summed E-state index contributed by atoms with van der Waals surface area (Å²) >= 11 is 1.52. The molecule has 0 radical (unpaired) electrons. The number of nitriles is 1. The van der Waals surface area contributed by atoms with Crippen molar-refractivity contribution < 1.29 is 9.18 Å². The van der Waals surface area contributed by atoms with E-state index >= 15 is 0 Å². The molecule has 0 saturated carbocycles. The summed E-state index contributed by atoms with van der Waals surface area (Å²) in [7, 11) is 0. The van der Waals surface area contributed by atoms with Crippen LogP contribution in [-0.2, 0) is 17.8 Å². The highest BCUT2D eigenvalue weighted by atomic mass is 32.1. The molecule has 9 heteroatoms. The van der Waals surface area contributed by atoms with Gasteiger partial charge in [-0.15, -0.1) is 11.3 Å². The lowest BCUT2D eigenvalue weighted by molar-refractivity contribution is -0.118. The zero-order valence-electron chi connectivity index (χ0n) is 18.0. The van der Waals surface area contributed by atoms with Gasteiger partial charge in [0, 0.05) is 28.9 Å². The summed E-state index contributed by atoms with van der Waals surface area (Å²) in [5.74, 6) is -0.452. The maximum atomic E-state index is 13.4. The van der Waals surface area contributed by atoms with Crippen LogP contribution in [0.15, 0.2) is 35.8 Å². The average Bonchev–Trinajstić information content (AvgIpc) is 3.38. The Bertz CT molecular complexity index is 1340. The number of aromatic nitrogens is 4. The quantitative estimate of drug-likeness (QED) is 0.439. The summed E-state index contributed by atoms with van der Waals surface area (Å²) in [6.07, 6.45) is 2.20. The van der Waals surface area contributed by atoms with Gasteiger partial charge in [-0.25, -0.2) is 18.9 Å². The fraction of sp³-hybridized carbons (Fsp3) is 0.261. The zero-order chi connectivity index (χ0) is 22.8. The van der Waals surface area contributed by atoms with Crippen LogP contribution in [0, 0.1) is 37.9 Å². The van der Waals surface area contributed by atoms with Gasteiger partial charge in [-0.3, -0.25) is 4.79 Å². The average molecular weight is 449 g/mol. The Balaban J connectivity index is 1.59. The zero-order valence-corrected chi connectivity index (χ0v) is 18.8. The summed E-state index contributed by atoms with van der Waals surface area (Å²) < 4.78 is 15.1. The maximum absolute atomic E-state index is 13.4. The molecule has 32 heavy (non-hydrogen) atoms. The Kier molecular flexibility index (Phi) is 5.97. The lowest BCUT2D eigenvalue weighted by atomic mass is 10.1. The Morgan fingerprint density at radius 1 is 1.22 bits per heavy atom. The molecule has 1 amide bonds. The minimum Gasteiger partial charge on any atom is -0.306 e. The Morgan fingerprint density at radius 2 is 1.97 bits per heavy atom. The van der Waals surface area contributed by atoms with Crippen LogP contribution in [-0.4, -0.2) is 25.5 Å². The molecule has 0 bridgehead atoms. The van der Waals surface area contributed by atoms with E-state index in [9.17, 15) is 14.4 Å². The summed E-state index contributed by atoms with van der Waals surface area (Å²) in [6.45, 7) is 6.01. The fourth-order valence-corrected chi connectivity index (χ4v) is 4.31.